The molecule has 7 nitrogen and oxygen atoms in total. The van der Waals surface area contributed by atoms with Crippen molar-refractivity contribution in [2.75, 3.05) is 17.3 Å². The minimum Gasteiger partial charge on any atom is -0.325 e. The lowest BCUT2D eigenvalue weighted by Crippen LogP contribution is -2.15. The van der Waals surface area contributed by atoms with Gasteiger partial charge in [-0.1, -0.05) is 17.8 Å². The quantitative estimate of drug-likeness (QED) is 0.800. The highest BCUT2D eigenvalue weighted by atomic mass is 32.2. The van der Waals surface area contributed by atoms with E-state index in [-0.39, 0.29) is 16.6 Å². The van der Waals surface area contributed by atoms with Gasteiger partial charge in [-0.3, -0.25) is 4.79 Å². The third-order valence-corrected chi connectivity index (χ3v) is 4.89. The first kappa shape index (κ1) is 16.5. The van der Waals surface area contributed by atoms with Gasteiger partial charge < -0.3 is 9.88 Å². The number of hydrogen-bond acceptors (Lipinski definition) is 6. The maximum Gasteiger partial charge on any atom is 0.234 e. The van der Waals surface area contributed by atoms with Crippen LogP contribution in [0, 0.1) is 0 Å². The summed E-state index contributed by atoms with van der Waals surface area (Å²) < 4.78 is 24.8. The highest BCUT2D eigenvalue weighted by Gasteiger charge is 2.11. The molecule has 0 atom stereocenters. The number of carbonyl (C=O) groups excluding carboxylic acids is 1. The fraction of sp³-hybridized carbons (Fsp3) is 0.308. The molecule has 0 aliphatic rings. The van der Waals surface area contributed by atoms with Gasteiger partial charge in [0.15, 0.2) is 15.0 Å². The summed E-state index contributed by atoms with van der Waals surface area (Å²) >= 11 is 1.27. The molecule has 0 bridgehead atoms. The van der Waals surface area contributed by atoms with Crippen LogP contribution in [0.1, 0.15) is 6.92 Å². The van der Waals surface area contributed by atoms with E-state index in [2.05, 4.69) is 15.5 Å². The number of aryl methyl sites for hydroxylation is 1. The van der Waals surface area contributed by atoms with E-state index in [0.29, 0.717) is 10.8 Å². The van der Waals surface area contributed by atoms with Crippen molar-refractivity contribution in [3.63, 3.8) is 0 Å². The standard InChI is InChI=1S/C13H16N4O3S2/c1-3-17-9-14-16-13(17)21-8-12(18)15-10-5-4-6-11(7-10)22(2,19)20/h4-7,9H,3,8H2,1-2H3,(H,15,18). The van der Waals surface area contributed by atoms with Crippen molar-refractivity contribution < 1.29 is 13.2 Å². The van der Waals surface area contributed by atoms with E-state index in [4.69, 9.17) is 0 Å². The highest BCUT2D eigenvalue weighted by Crippen LogP contribution is 2.17. The topological polar surface area (TPSA) is 93.9 Å². The van der Waals surface area contributed by atoms with Crippen molar-refractivity contribution in [2.24, 2.45) is 0 Å². The Morgan fingerprint density at radius 1 is 1.41 bits per heavy atom. The fourth-order valence-corrected chi connectivity index (χ4v) is 3.15. The van der Waals surface area contributed by atoms with Crippen LogP contribution in [0.25, 0.3) is 0 Å². The number of thioether (sulfide) groups is 1. The first-order valence-electron chi connectivity index (χ1n) is 6.50. The van der Waals surface area contributed by atoms with Crippen LogP contribution in [0.5, 0.6) is 0 Å². The lowest BCUT2D eigenvalue weighted by Gasteiger charge is -2.07. The molecule has 0 unspecified atom stereocenters. The average molecular weight is 340 g/mol. The highest BCUT2D eigenvalue weighted by molar-refractivity contribution is 7.99. The largest absolute Gasteiger partial charge is 0.325 e. The number of hydrogen-bond donors (Lipinski definition) is 1. The van der Waals surface area contributed by atoms with E-state index in [1.807, 2.05) is 11.5 Å². The van der Waals surface area contributed by atoms with Gasteiger partial charge in [0.25, 0.3) is 0 Å². The molecule has 0 fully saturated rings. The molecule has 2 rings (SSSR count). The molecule has 0 aliphatic carbocycles. The second kappa shape index (κ2) is 6.93. The minimum absolute atomic E-state index is 0.168. The molecule has 2 aromatic rings. The lowest BCUT2D eigenvalue weighted by atomic mass is 10.3. The molecular weight excluding hydrogens is 324 g/mol. The molecule has 0 aliphatic heterocycles. The lowest BCUT2D eigenvalue weighted by molar-refractivity contribution is -0.113. The maximum absolute atomic E-state index is 11.9. The van der Waals surface area contributed by atoms with E-state index in [0.717, 1.165) is 12.8 Å². The number of aromatic nitrogens is 3. The second-order valence-electron chi connectivity index (χ2n) is 4.54. The number of amides is 1. The summed E-state index contributed by atoms with van der Waals surface area (Å²) in [5.74, 6) is -0.0665. The Morgan fingerprint density at radius 2 is 2.18 bits per heavy atom. The van der Waals surface area contributed by atoms with Gasteiger partial charge in [0.05, 0.1) is 10.6 Å². The number of nitrogens with one attached hydrogen (secondary N) is 1. The van der Waals surface area contributed by atoms with Gasteiger partial charge in [0.2, 0.25) is 5.91 Å². The first-order chi connectivity index (χ1) is 10.4. The summed E-state index contributed by atoms with van der Waals surface area (Å²) in [6.45, 7) is 2.69. The molecule has 0 saturated carbocycles. The molecule has 1 amide bonds. The molecule has 1 N–H and O–H groups in total. The van der Waals surface area contributed by atoms with Gasteiger partial charge in [0.1, 0.15) is 6.33 Å². The average Bonchev–Trinajstić information content (AvgIpc) is 2.92. The smallest absolute Gasteiger partial charge is 0.234 e. The Morgan fingerprint density at radius 3 is 2.86 bits per heavy atom. The SMILES string of the molecule is CCn1cnnc1SCC(=O)Nc1cccc(S(C)(=O)=O)c1. The van der Waals surface area contributed by atoms with Crippen LogP contribution >= 0.6 is 11.8 Å². The Kier molecular flexibility index (Phi) is 5.19. The zero-order chi connectivity index (χ0) is 16.2. The van der Waals surface area contributed by atoms with Crippen LogP contribution in [-0.2, 0) is 21.2 Å². The van der Waals surface area contributed by atoms with Gasteiger partial charge in [-0.15, -0.1) is 10.2 Å². The van der Waals surface area contributed by atoms with Gasteiger partial charge in [-0.25, -0.2) is 8.42 Å². The molecule has 0 spiro atoms. The predicted molar refractivity (Wildman–Crippen MR) is 84.6 cm³/mol. The molecular formula is C13H16N4O3S2. The fourth-order valence-electron chi connectivity index (χ4n) is 1.70. The summed E-state index contributed by atoms with van der Waals surface area (Å²) in [4.78, 5) is 12.1. The van der Waals surface area contributed by atoms with Crippen LogP contribution in [0.2, 0.25) is 0 Å². The molecule has 1 heterocycles. The van der Waals surface area contributed by atoms with E-state index in [1.54, 1.807) is 18.5 Å². The Bertz CT molecular complexity index is 771. The molecule has 1 aromatic carbocycles. The Labute approximate surface area is 133 Å². The molecule has 0 saturated heterocycles. The molecule has 118 valence electrons. The number of anilines is 1. The van der Waals surface area contributed by atoms with Crippen molar-refractivity contribution in [2.45, 2.75) is 23.5 Å². The van der Waals surface area contributed by atoms with Crippen molar-refractivity contribution >= 4 is 33.2 Å². The van der Waals surface area contributed by atoms with Gasteiger partial charge in [-0.05, 0) is 25.1 Å². The third kappa shape index (κ3) is 4.31. The van der Waals surface area contributed by atoms with Crippen molar-refractivity contribution in [3.05, 3.63) is 30.6 Å². The molecule has 1 aromatic heterocycles. The van der Waals surface area contributed by atoms with Gasteiger partial charge in [0, 0.05) is 18.5 Å². The monoisotopic (exact) mass is 340 g/mol. The number of rotatable bonds is 6. The van der Waals surface area contributed by atoms with Gasteiger partial charge >= 0.3 is 0 Å². The zero-order valence-electron chi connectivity index (χ0n) is 12.2. The number of nitrogens with zero attached hydrogens (tertiary/aromatic N) is 3. The van der Waals surface area contributed by atoms with E-state index in [1.165, 1.54) is 23.9 Å². The van der Waals surface area contributed by atoms with E-state index >= 15 is 0 Å². The second-order valence-corrected chi connectivity index (χ2v) is 7.49. The van der Waals surface area contributed by atoms with Crippen molar-refractivity contribution in [1.29, 1.82) is 0 Å². The van der Waals surface area contributed by atoms with Crippen LogP contribution in [-0.4, -0.2) is 41.1 Å². The third-order valence-electron chi connectivity index (χ3n) is 2.80. The first-order valence-corrected chi connectivity index (χ1v) is 9.38. The predicted octanol–water partition coefficient (Wildman–Crippen LogP) is 1.43. The van der Waals surface area contributed by atoms with Crippen LogP contribution in [0.15, 0.2) is 40.6 Å². The molecule has 9 heteroatoms. The molecule has 22 heavy (non-hydrogen) atoms. The van der Waals surface area contributed by atoms with Crippen LogP contribution in [0.3, 0.4) is 0 Å². The number of carbonyl (C=O) groups is 1. The summed E-state index contributed by atoms with van der Waals surface area (Å²) in [5.41, 5.74) is 0.450. The molecule has 0 radical (unpaired) electrons. The zero-order valence-corrected chi connectivity index (χ0v) is 13.8. The number of benzene rings is 1. The van der Waals surface area contributed by atoms with Crippen LogP contribution in [0.4, 0.5) is 5.69 Å². The summed E-state index contributed by atoms with van der Waals surface area (Å²) in [7, 11) is -3.30. The summed E-state index contributed by atoms with van der Waals surface area (Å²) in [6.07, 6.45) is 2.73. The Hall–Kier alpha value is -1.87. The van der Waals surface area contributed by atoms with Crippen molar-refractivity contribution in [1.82, 2.24) is 14.8 Å². The van der Waals surface area contributed by atoms with Crippen LogP contribution < -0.4 is 5.32 Å². The maximum atomic E-state index is 11.9. The van der Waals surface area contributed by atoms with E-state index < -0.39 is 9.84 Å². The summed E-state index contributed by atoms with van der Waals surface area (Å²) in [5, 5.41) is 11.1. The normalized spacial score (nSPS) is 11.4. The van der Waals surface area contributed by atoms with Gasteiger partial charge in [-0.2, -0.15) is 0 Å². The van der Waals surface area contributed by atoms with Crippen molar-refractivity contribution in [3.8, 4) is 0 Å². The summed E-state index contributed by atoms with van der Waals surface area (Å²) in [6, 6.07) is 6.16. The Balaban J connectivity index is 1.98. The van der Waals surface area contributed by atoms with E-state index in [9.17, 15) is 13.2 Å². The minimum atomic E-state index is -3.30. The number of sulfone groups is 1.